The van der Waals surface area contributed by atoms with Crippen LogP contribution in [0.25, 0.3) is 11.4 Å². The van der Waals surface area contributed by atoms with Gasteiger partial charge in [-0.25, -0.2) is 15.0 Å². The lowest BCUT2D eigenvalue weighted by atomic mass is 10.0. The molecule has 0 saturated carbocycles. The summed E-state index contributed by atoms with van der Waals surface area (Å²) >= 11 is 0. The Labute approximate surface area is 100 Å². The van der Waals surface area contributed by atoms with E-state index in [1.807, 2.05) is 13.0 Å². The topological polar surface area (TPSA) is 50.7 Å². The maximum absolute atomic E-state index is 4.60. The number of nitrogens with one attached hydrogen (secondary N) is 1. The lowest BCUT2D eigenvalue weighted by Gasteiger charge is -2.18. The van der Waals surface area contributed by atoms with Crippen LogP contribution in [-0.4, -0.2) is 21.5 Å². The summed E-state index contributed by atoms with van der Waals surface area (Å²) < 4.78 is 0. The van der Waals surface area contributed by atoms with Crippen molar-refractivity contribution in [2.24, 2.45) is 0 Å². The summed E-state index contributed by atoms with van der Waals surface area (Å²) in [4.78, 5) is 13.2. The van der Waals surface area contributed by atoms with Crippen molar-refractivity contribution in [2.75, 3.05) is 11.9 Å². The number of fused-ring (bicyclic) bond motifs is 1. The number of rotatable bonds is 1. The van der Waals surface area contributed by atoms with Crippen molar-refractivity contribution in [3.63, 3.8) is 0 Å². The first-order valence-electron chi connectivity index (χ1n) is 5.86. The number of hydrogen-bond acceptors (Lipinski definition) is 4. The Morgan fingerprint density at radius 3 is 2.88 bits per heavy atom. The molecule has 0 spiro atoms. The molecule has 3 heterocycles. The van der Waals surface area contributed by atoms with Crippen molar-refractivity contribution in [3.05, 3.63) is 35.8 Å². The Kier molecular flexibility index (Phi) is 2.48. The normalized spacial score (nSPS) is 13.9. The van der Waals surface area contributed by atoms with Gasteiger partial charge in [0, 0.05) is 24.5 Å². The molecule has 0 aromatic carbocycles. The van der Waals surface area contributed by atoms with Gasteiger partial charge in [-0.15, -0.1) is 0 Å². The highest BCUT2D eigenvalue weighted by Gasteiger charge is 2.14. The lowest BCUT2D eigenvalue weighted by Crippen LogP contribution is -2.14. The zero-order valence-electron chi connectivity index (χ0n) is 9.77. The molecule has 1 aliphatic heterocycles. The number of hydrogen-bond donors (Lipinski definition) is 1. The molecule has 0 atom stereocenters. The van der Waals surface area contributed by atoms with Crippen LogP contribution in [0.2, 0.25) is 0 Å². The number of aryl methyl sites for hydroxylation is 2. The van der Waals surface area contributed by atoms with Crippen LogP contribution in [0.5, 0.6) is 0 Å². The van der Waals surface area contributed by atoms with Gasteiger partial charge in [-0.3, -0.25) is 0 Å². The molecule has 0 bridgehead atoms. The van der Waals surface area contributed by atoms with Gasteiger partial charge in [0.15, 0.2) is 5.82 Å². The fourth-order valence-corrected chi connectivity index (χ4v) is 2.14. The van der Waals surface area contributed by atoms with Crippen molar-refractivity contribution >= 4 is 5.82 Å². The Hall–Kier alpha value is -1.97. The first-order valence-corrected chi connectivity index (χ1v) is 5.86. The minimum Gasteiger partial charge on any atom is -0.370 e. The lowest BCUT2D eigenvalue weighted by molar-refractivity contribution is 0.815. The van der Waals surface area contributed by atoms with E-state index >= 15 is 0 Å². The number of pyridine rings is 1. The fraction of sp³-hybridized carbons (Fsp3) is 0.308. The fourth-order valence-electron chi connectivity index (χ4n) is 2.14. The smallest absolute Gasteiger partial charge is 0.160 e. The van der Waals surface area contributed by atoms with Crippen molar-refractivity contribution in [1.82, 2.24) is 15.0 Å². The molecule has 0 fully saturated rings. The molecule has 0 radical (unpaired) electrons. The van der Waals surface area contributed by atoms with Gasteiger partial charge < -0.3 is 5.32 Å². The zero-order valence-corrected chi connectivity index (χ0v) is 9.77. The van der Waals surface area contributed by atoms with E-state index in [9.17, 15) is 0 Å². The van der Waals surface area contributed by atoms with Gasteiger partial charge in [0.1, 0.15) is 5.82 Å². The predicted molar refractivity (Wildman–Crippen MR) is 66.8 cm³/mol. The number of nitrogens with zero attached hydrogens (tertiary/aromatic N) is 3. The summed E-state index contributed by atoms with van der Waals surface area (Å²) in [5.41, 5.74) is 3.28. The predicted octanol–water partition coefficient (Wildman–Crippen LogP) is 2.21. The molecule has 0 saturated heterocycles. The monoisotopic (exact) mass is 226 g/mol. The van der Waals surface area contributed by atoms with Gasteiger partial charge in [-0.1, -0.05) is 0 Å². The maximum atomic E-state index is 4.60. The van der Waals surface area contributed by atoms with E-state index in [4.69, 9.17) is 0 Å². The van der Waals surface area contributed by atoms with Crippen LogP contribution in [-0.2, 0) is 6.42 Å². The van der Waals surface area contributed by atoms with Gasteiger partial charge in [-0.05, 0) is 37.5 Å². The van der Waals surface area contributed by atoms with Crippen LogP contribution >= 0.6 is 0 Å². The van der Waals surface area contributed by atoms with Crippen LogP contribution in [0.3, 0.4) is 0 Å². The summed E-state index contributed by atoms with van der Waals surface area (Å²) in [5, 5.41) is 3.33. The summed E-state index contributed by atoms with van der Waals surface area (Å²) in [7, 11) is 0. The Bertz CT molecular complexity index is 537. The largest absolute Gasteiger partial charge is 0.370 e. The van der Waals surface area contributed by atoms with Crippen molar-refractivity contribution in [1.29, 1.82) is 0 Å². The second-order valence-corrected chi connectivity index (χ2v) is 4.23. The molecule has 0 unspecified atom stereocenters. The highest BCUT2D eigenvalue weighted by molar-refractivity contribution is 5.63. The molecular weight excluding hydrogens is 212 g/mol. The summed E-state index contributed by atoms with van der Waals surface area (Å²) in [6.45, 7) is 3.02. The second-order valence-electron chi connectivity index (χ2n) is 4.23. The molecule has 4 heteroatoms. The van der Waals surface area contributed by atoms with Crippen LogP contribution in [0.4, 0.5) is 5.82 Å². The molecule has 0 amide bonds. The minimum absolute atomic E-state index is 0.755. The van der Waals surface area contributed by atoms with Gasteiger partial charge in [-0.2, -0.15) is 0 Å². The molecule has 1 aliphatic rings. The Balaban J connectivity index is 2.12. The van der Waals surface area contributed by atoms with Crippen molar-refractivity contribution in [2.45, 2.75) is 19.8 Å². The minimum atomic E-state index is 0.755. The number of aromatic nitrogens is 3. The average molecular weight is 226 g/mol. The van der Waals surface area contributed by atoms with Crippen molar-refractivity contribution < 1.29 is 0 Å². The second kappa shape index (κ2) is 4.13. The molecule has 1 N–H and O–H groups in total. The van der Waals surface area contributed by atoms with E-state index < -0.39 is 0 Å². The van der Waals surface area contributed by atoms with Gasteiger partial charge in [0.2, 0.25) is 0 Å². The average Bonchev–Trinajstić information content (AvgIpc) is 2.39. The quantitative estimate of drug-likeness (QED) is 0.810. The van der Waals surface area contributed by atoms with E-state index in [2.05, 4.69) is 26.3 Å². The summed E-state index contributed by atoms with van der Waals surface area (Å²) in [6.07, 6.45) is 5.77. The van der Waals surface area contributed by atoms with Gasteiger partial charge in [0.05, 0.1) is 5.69 Å². The molecule has 3 rings (SSSR count). The number of anilines is 1. The Morgan fingerprint density at radius 2 is 2.06 bits per heavy atom. The standard InChI is InChI=1S/C13H14N4/c1-9-11(13-15-6-3-7-16-13)8-10-4-2-5-14-12(10)17-9/h3,6-8H,2,4-5H2,1H3,(H,14,17). The van der Waals surface area contributed by atoms with Crippen molar-refractivity contribution in [3.8, 4) is 11.4 Å². The van der Waals surface area contributed by atoms with Crippen LogP contribution in [0, 0.1) is 6.92 Å². The van der Waals surface area contributed by atoms with E-state index in [1.165, 1.54) is 5.56 Å². The molecule has 4 nitrogen and oxygen atoms in total. The third-order valence-corrected chi connectivity index (χ3v) is 3.01. The molecule has 2 aromatic rings. The van der Waals surface area contributed by atoms with Crippen LogP contribution < -0.4 is 5.32 Å². The van der Waals surface area contributed by atoms with E-state index in [0.717, 1.165) is 42.3 Å². The molecule has 2 aromatic heterocycles. The molecule has 17 heavy (non-hydrogen) atoms. The van der Waals surface area contributed by atoms with Gasteiger partial charge in [0.25, 0.3) is 0 Å². The van der Waals surface area contributed by atoms with Crippen LogP contribution in [0.15, 0.2) is 24.5 Å². The zero-order chi connectivity index (χ0) is 11.7. The molecule has 0 aliphatic carbocycles. The molecule has 86 valence electrons. The highest BCUT2D eigenvalue weighted by atomic mass is 15.0. The van der Waals surface area contributed by atoms with E-state index in [0.29, 0.717) is 0 Å². The van der Waals surface area contributed by atoms with Gasteiger partial charge >= 0.3 is 0 Å². The van der Waals surface area contributed by atoms with E-state index in [-0.39, 0.29) is 0 Å². The third kappa shape index (κ3) is 1.86. The summed E-state index contributed by atoms with van der Waals surface area (Å²) in [5.74, 6) is 1.78. The van der Waals surface area contributed by atoms with E-state index in [1.54, 1.807) is 12.4 Å². The first kappa shape index (κ1) is 10.2. The first-order chi connectivity index (χ1) is 8.34. The molecular formula is C13H14N4. The third-order valence-electron chi connectivity index (χ3n) is 3.01. The SMILES string of the molecule is Cc1nc2c(cc1-c1ncccn1)CCCN2. The Morgan fingerprint density at radius 1 is 1.24 bits per heavy atom. The van der Waals surface area contributed by atoms with Crippen LogP contribution in [0.1, 0.15) is 17.7 Å². The highest BCUT2D eigenvalue weighted by Crippen LogP contribution is 2.26. The maximum Gasteiger partial charge on any atom is 0.160 e. The summed E-state index contributed by atoms with van der Waals surface area (Å²) in [6, 6.07) is 3.99.